The number of halogens is 1. The van der Waals surface area contributed by atoms with Gasteiger partial charge in [-0.15, -0.1) is 21.5 Å². The Balaban J connectivity index is 1.48. The summed E-state index contributed by atoms with van der Waals surface area (Å²) >= 11 is 8.46. The highest BCUT2D eigenvalue weighted by molar-refractivity contribution is 7.99. The standard InChI is InChI=1S/C22H18ClN5O3S2/c1-14-12-32-21(25-14)18(9-24)19(29)13-33-22-27-26-20(28(22)10-17-3-2-8-30-17)11-31-16-6-4-15(23)5-7-16/h2-8,12,18H,10-11,13H2,1H3. The van der Waals surface area contributed by atoms with Gasteiger partial charge in [0.1, 0.15) is 23.1 Å². The van der Waals surface area contributed by atoms with Crippen LogP contribution in [0, 0.1) is 18.3 Å². The Morgan fingerprint density at radius 1 is 1.33 bits per heavy atom. The first-order valence-electron chi connectivity index (χ1n) is 9.83. The lowest BCUT2D eigenvalue weighted by Crippen LogP contribution is -2.14. The summed E-state index contributed by atoms with van der Waals surface area (Å²) in [4.78, 5) is 17.0. The number of thioether (sulfide) groups is 1. The number of ketones is 1. The molecule has 0 amide bonds. The lowest BCUT2D eigenvalue weighted by molar-refractivity contribution is -0.116. The predicted molar refractivity (Wildman–Crippen MR) is 125 cm³/mol. The Kier molecular flexibility index (Phi) is 7.44. The van der Waals surface area contributed by atoms with Crippen LogP contribution in [-0.4, -0.2) is 31.3 Å². The van der Waals surface area contributed by atoms with Crippen LogP contribution >= 0.6 is 34.7 Å². The van der Waals surface area contributed by atoms with E-state index in [-0.39, 0.29) is 18.1 Å². The van der Waals surface area contributed by atoms with Crippen molar-refractivity contribution in [2.24, 2.45) is 0 Å². The molecule has 11 heteroatoms. The fraction of sp³-hybridized carbons (Fsp3) is 0.227. The van der Waals surface area contributed by atoms with Gasteiger partial charge in [0.15, 0.2) is 22.7 Å². The molecule has 0 saturated carbocycles. The molecule has 4 rings (SSSR count). The highest BCUT2D eigenvalue weighted by atomic mass is 35.5. The van der Waals surface area contributed by atoms with Crippen molar-refractivity contribution in [2.75, 3.05) is 5.75 Å². The van der Waals surface area contributed by atoms with Gasteiger partial charge >= 0.3 is 0 Å². The van der Waals surface area contributed by atoms with E-state index >= 15 is 0 Å². The normalized spacial score (nSPS) is 11.8. The molecule has 168 valence electrons. The second kappa shape index (κ2) is 10.7. The number of carbonyl (C=O) groups excluding carboxylic acids is 1. The molecule has 4 aromatic rings. The minimum absolute atomic E-state index is 0.0607. The van der Waals surface area contributed by atoms with Gasteiger partial charge in [-0.25, -0.2) is 4.98 Å². The number of hydrogen-bond donors (Lipinski definition) is 0. The molecule has 0 saturated heterocycles. The van der Waals surface area contributed by atoms with Gasteiger partial charge < -0.3 is 9.15 Å². The topological polar surface area (TPSA) is 107 Å². The highest BCUT2D eigenvalue weighted by Gasteiger charge is 2.24. The minimum atomic E-state index is -0.898. The van der Waals surface area contributed by atoms with Crippen LogP contribution in [0.4, 0.5) is 0 Å². The van der Waals surface area contributed by atoms with Crippen LogP contribution in [0.1, 0.15) is 28.2 Å². The number of thiazole rings is 1. The Morgan fingerprint density at radius 3 is 2.82 bits per heavy atom. The summed E-state index contributed by atoms with van der Waals surface area (Å²) in [5.74, 6) is 0.860. The molecule has 0 N–H and O–H groups in total. The Labute approximate surface area is 203 Å². The number of aromatic nitrogens is 4. The summed E-state index contributed by atoms with van der Waals surface area (Å²) < 4.78 is 13.1. The van der Waals surface area contributed by atoms with Crippen molar-refractivity contribution >= 4 is 40.5 Å². The smallest absolute Gasteiger partial charge is 0.192 e. The lowest BCUT2D eigenvalue weighted by Gasteiger charge is -2.10. The van der Waals surface area contributed by atoms with E-state index < -0.39 is 5.92 Å². The number of hydrogen-bond acceptors (Lipinski definition) is 9. The summed E-state index contributed by atoms with van der Waals surface area (Å²) in [5, 5.41) is 21.5. The Morgan fingerprint density at radius 2 is 2.15 bits per heavy atom. The van der Waals surface area contributed by atoms with E-state index in [9.17, 15) is 10.1 Å². The van der Waals surface area contributed by atoms with Crippen LogP contribution in [0.25, 0.3) is 0 Å². The van der Waals surface area contributed by atoms with Gasteiger partial charge in [-0.1, -0.05) is 23.4 Å². The van der Waals surface area contributed by atoms with Gasteiger partial charge in [-0.3, -0.25) is 9.36 Å². The molecule has 8 nitrogen and oxygen atoms in total. The third kappa shape index (κ3) is 5.82. The number of nitrogens with zero attached hydrogens (tertiary/aromatic N) is 5. The number of aryl methyl sites for hydroxylation is 1. The van der Waals surface area contributed by atoms with E-state index in [2.05, 4.69) is 21.3 Å². The molecular formula is C22H18ClN5O3S2. The monoisotopic (exact) mass is 499 g/mol. The number of rotatable bonds is 10. The maximum absolute atomic E-state index is 12.7. The van der Waals surface area contributed by atoms with Crippen molar-refractivity contribution in [3.05, 3.63) is 75.4 Å². The van der Waals surface area contributed by atoms with Crippen molar-refractivity contribution in [3.63, 3.8) is 0 Å². The van der Waals surface area contributed by atoms with Gasteiger partial charge in [0, 0.05) is 16.1 Å². The van der Waals surface area contributed by atoms with Crippen LogP contribution < -0.4 is 4.74 Å². The van der Waals surface area contributed by atoms with Crippen molar-refractivity contribution in [3.8, 4) is 11.8 Å². The summed E-state index contributed by atoms with van der Waals surface area (Å²) in [6.45, 7) is 2.38. The zero-order valence-corrected chi connectivity index (χ0v) is 19.9. The molecular weight excluding hydrogens is 482 g/mol. The molecule has 0 radical (unpaired) electrons. The third-order valence-corrected chi connectivity index (χ3v) is 6.82. The fourth-order valence-electron chi connectivity index (χ4n) is 2.92. The zero-order valence-electron chi connectivity index (χ0n) is 17.5. The van der Waals surface area contributed by atoms with Crippen LogP contribution in [0.2, 0.25) is 5.02 Å². The fourth-order valence-corrected chi connectivity index (χ4v) is 4.77. The number of nitriles is 1. The number of benzene rings is 1. The van der Waals surface area contributed by atoms with E-state index in [4.69, 9.17) is 20.8 Å². The highest BCUT2D eigenvalue weighted by Crippen LogP contribution is 2.26. The van der Waals surface area contributed by atoms with Gasteiger partial charge in [0.2, 0.25) is 0 Å². The molecule has 0 aliphatic carbocycles. The molecule has 0 aliphatic heterocycles. The molecule has 3 aromatic heterocycles. The van der Waals surface area contributed by atoms with Crippen LogP contribution in [-0.2, 0) is 17.9 Å². The number of Topliss-reactive ketones (excluding diaryl/α,β-unsaturated/α-hetero) is 1. The summed E-state index contributed by atoms with van der Waals surface area (Å²) in [6.07, 6.45) is 1.59. The number of furan rings is 1. The first-order chi connectivity index (χ1) is 16.0. The zero-order chi connectivity index (χ0) is 23.2. The SMILES string of the molecule is Cc1csc(C(C#N)C(=O)CSc2nnc(COc3ccc(Cl)cc3)n2Cc2ccco2)n1. The average Bonchev–Trinajstić information content (AvgIpc) is 3.56. The summed E-state index contributed by atoms with van der Waals surface area (Å²) in [7, 11) is 0. The summed E-state index contributed by atoms with van der Waals surface area (Å²) in [5.41, 5.74) is 0.791. The van der Waals surface area contributed by atoms with E-state index in [0.717, 1.165) is 5.69 Å². The first kappa shape index (κ1) is 23.0. The summed E-state index contributed by atoms with van der Waals surface area (Å²) in [6, 6.07) is 12.7. The lowest BCUT2D eigenvalue weighted by atomic mass is 10.1. The van der Waals surface area contributed by atoms with Crippen LogP contribution in [0.5, 0.6) is 5.75 Å². The molecule has 0 fully saturated rings. The van der Waals surface area contributed by atoms with Crippen molar-refractivity contribution < 1.29 is 13.9 Å². The van der Waals surface area contributed by atoms with Crippen molar-refractivity contribution in [2.45, 2.75) is 31.1 Å². The maximum atomic E-state index is 12.7. The van der Waals surface area contributed by atoms with Gasteiger partial charge in [0.05, 0.1) is 24.6 Å². The second-order valence-electron chi connectivity index (χ2n) is 6.95. The molecule has 3 heterocycles. The van der Waals surface area contributed by atoms with Crippen molar-refractivity contribution in [1.82, 2.24) is 19.7 Å². The molecule has 0 spiro atoms. The molecule has 33 heavy (non-hydrogen) atoms. The van der Waals surface area contributed by atoms with E-state index in [1.54, 1.807) is 36.6 Å². The maximum Gasteiger partial charge on any atom is 0.192 e. The second-order valence-corrected chi connectivity index (χ2v) is 9.22. The molecule has 1 aromatic carbocycles. The van der Waals surface area contributed by atoms with Gasteiger partial charge in [0.25, 0.3) is 0 Å². The Hall–Kier alpha value is -3.13. The van der Waals surface area contributed by atoms with Crippen LogP contribution in [0.3, 0.4) is 0 Å². The van der Waals surface area contributed by atoms with Crippen LogP contribution in [0.15, 0.2) is 57.6 Å². The van der Waals surface area contributed by atoms with E-state index in [1.807, 2.05) is 22.9 Å². The Bertz CT molecular complexity index is 1260. The first-order valence-corrected chi connectivity index (χ1v) is 12.1. The number of ether oxygens (including phenoxy) is 1. The molecule has 1 unspecified atom stereocenters. The van der Waals surface area contributed by atoms with Crippen molar-refractivity contribution in [1.29, 1.82) is 5.26 Å². The van der Waals surface area contributed by atoms with E-state index in [1.165, 1.54) is 23.1 Å². The molecule has 1 atom stereocenters. The predicted octanol–water partition coefficient (Wildman–Crippen LogP) is 4.89. The molecule has 0 bridgehead atoms. The minimum Gasteiger partial charge on any atom is -0.486 e. The van der Waals surface area contributed by atoms with Gasteiger partial charge in [-0.05, 0) is 43.3 Å². The average molecular weight is 500 g/mol. The molecule has 0 aliphatic rings. The van der Waals surface area contributed by atoms with E-state index in [0.29, 0.717) is 39.1 Å². The quantitative estimate of drug-likeness (QED) is 0.284. The van der Waals surface area contributed by atoms with Gasteiger partial charge in [-0.2, -0.15) is 5.26 Å². The third-order valence-electron chi connectivity index (χ3n) is 4.55. The number of carbonyl (C=O) groups is 1. The largest absolute Gasteiger partial charge is 0.486 e.